The fourth-order valence-electron chi connectivity index (χ4n) is 4.44. The quantitative estimate of drug-likeness (QED) is 0.753. The first kappa shape index (κ1) is 18.1. The van der Waals surface area contributed by atoms with E-state index < -0.39 is 0 Å². The zero-order valence-corrected chi connectivity index (χ0v) is 16.2. The second-order valence-electron chi connectivity index (χ2n) is 7.98. The minimum Gasteiger partial charge on any atom is -0.332 e. The normalized spacial score (nSPS) is 22.1. The van der Waals surface area contributed by atoms with Gasteiger partial charge in [0.1, 0.15) is 6.54 Å². The molecule has 6 heteroatoms. The molecule has 148 valence electrons. The van der Waals surface area contributed by atoms with Crippen molar-refractivity contribution in [2.45, 2.75) is 24.9 Å². The first-order valence-electron chi connectivity index (χ1n) is 10.2. The van der Waals surface area contributed by atoms with E-state index in [-0.39, 0.29) is 30.3 Å². The molecule has 29 heavy (non-hydrogen) atoms. The highest BCUT2D eigenvalue weighted by molar-refractivity contribution is 6.22. The molecule has 2 aromatic carbocycles. The zero-order valence-electron chi connectivity index (χ0n) is 16.2. The van der Waals surface area contributed by atoms with Crippen molar-refractivity contribution in [3.63, 3.8) is 0 Å². The van der Waals surface area contributed by atoms with Crippen molar-refractivity contribution in [1.82, 2.24) is 14.7 Å². The van der Waals surface area contributed by atoms with Gasteiger partial charge in [-0.3, -0.25) is 24.2 Å². The Hall–Kier alpha value is -2.99. The van der Waals surface area contributed by atoms with E-state index in [0.717, 1.165) is 23.6 Å². The van der Waals surface area contributed by atoms with Crippen molar-refractivity contribution in [1.29, 1.82) is 0 Å². The Balaban J connectivity index is 1.37. The van der Waals surface area contributed by atoms with Crippen LogP contribution in [0.2, 0.25) is 0 Å². The molecule has 5 rings (SSSR count). The molecule has 1 saturated heterocycles. The lowest BCUT2D eigenvalue weighted by atomic mass is 10.0. The van der Waals surface area contributed by atoms with Gasteiger partial charge in [-0.2, -0.15) is 0 Å². The fourth-order valence-corrected chi connectivity index (χ4v) is 4.44. The molecular formula is C23H23N3O3. The lowest BCUT2D eigenvalue weighted by Gasteiger charge is -2.42. The number of nitrogens with zero attached hydrogens (tertiary/aromatic N) is 3. The van der Waals surface area contributed by atoms with E-state index in [1.807, 2.05) is 35.2 Å². The molecule has 6 nitrogen and oxygen atoms in total. The zero-order chi connectivity index (χ0) is 20.0. The maximum absolute atomic E-state index is 13.2. The monoisotopic (exact) mass is 389 g/mol. The summed E-state index contributed by atoms with van der Waals surface area (Å²) in [7, 11) is 0. The summed E-state index contributed by atoms with van der Waals surface area (Å²) >= 11 is 0. The molecular weight excluding hydrogens is 366 g/mol. The van der Waals surface area contributed by atoms with Gasteiger partial charge in [0.15, 0.2) is 0 Å². The first-order valence-corrected chi connectivity index (χ1v) is 10.2. The van der Waals surface area contributed by atoms with E-state index in [2.05, 4.69) is 4.90 Å². The van der Waals surface area contributed by atoms with Crippen LogP contribution in [-0.2, 0) is 4.79 Å². The molecule has 1 saturated carbocycles. The summed E-state index contributed by atoms with van der Waals surface area (Å²) in [5, 5.41) is 0. The van der Waals surface area contributed by atoms with Crippen molar-refractivity contribution in [3.05, 3.63) is 71.3 Å². The average Bonchev–Trinajstić information content (AvgIpc) is 3.59. The number of benzene rings is 2. The third-order valence-corrected chi connectivity index (χ3v) is 6.15. The fraction of sp³-hybridized carbons (Fsp3) is 0.348. The third-order valence-electron chi connectivity index (χ3n) is 6.15. The number of hydrogen-bond acceptors (Lipinski definition) is 4. The molecule has 0 bridgehead atoms. The Bertz CT molecular complexity index is 935. The molecule has 0 aromatic heterocycles. The lowest BCUT2D eigenvalue weighted by Crippen LogP contribution is -2.53. The van der Waals surface area contributed by atoms with Crippen molar-refractivity contribution in [2.75, 3.05) is 26.2 Å². The Labute approximate surface area is 169 Å². The average molecular weight is 389 g/mol. The predicted octanol–water partition coefficient (Wildman–Crippen LogP) is 2.33. The number of carbonyl (C=O) groups excluding carboxylic acids is 3. The van der Waals surface area contributed by atoms with Crippen LogP contribution >= 0.6 is 0 Å². The Kier molecular flexibility index (Phi) is 4.43. The Morgan fingerprint density at radius 2 is 1.48 bits per heavy atom. The molecule has 2 aromatic rings. The number of hydrogen-bond donors (Lipinski definition) is 0. The maximum atomic E-state index is 13.2. The molecule has 0 radical (unpaired) electrons. The van der Waals surface area contributed by atoms with Gasteiger partial charge in [-0.05, 0) is 30.5 Å². The standard InChI is InChI=1S/C23H23N3O3/c27-21(15-26-22(28)18-8-4-5-9-19(18)23(26)29)25-13-12-24(17-10-11-17)14-20(25)16-6-2-1-3-7-16/h1-9,17,20H,10-15H2. The van der Waals surface area contributed by atoms with E-state index >= 15 is 0 Å². The van der Waals surface area contributed by atoms with Gasteiger partial charge in [-0.15, -0.1) is 0 Å². The number of rotatable bonds is 4. The van der Waals surface area contributed by atoms with Crippen molar-refractivity contribution in [3.8, 4) is 0 Å². The summed E-state index contributed by atoms with van der Waals surface area (Å²) in [5.41, 5.74) is 1.85. The smallest absolute Gasteiger partial charge is 0.262 e. The van der Waals surface area contributed by atoms with Gasteiger partial charge in [0.05, 0.1) is 17.2 Å². The highest BCUT2D eigenvalue weighted by atomic mass is 16.2. The summed E-state index contributed by atoms with van der Waals surface area (Å²) in [4.78, 5) is 43.9. The molecule has 2 fully saturated rings. The third kappa shape index (κ3) is 3.23. The Morgan fingerprint density at radius 3 is 2.10 bits per heavy atom. The van der Waals surface area contributed by atoms with Crippen LogP contribution < -0.4 is 0 Å². The molecule has 1 unspecified atom stereocenters. The minimum atomic E-state index is -0.383. The molecule has 1 atom stereocenters. The van der Waals surface area contributed by atoms with E-state index in [0.29, 0.717) is 23.7 Å². The largest absolute Gasteiger partial charge is 0.332 e. The van der Waals surface area contributed by atoms with Gasteiger partial charge in [0, 0.05) is 25.7 Å². The maximum Gasteiger partial charge on any atom is 0.262 e. The molecule has 1 aliphatic carbocycles. The van der Waals surface area contributed by atoms with E-state index in [1.54, 1.807) is 24.3 Å². The molecule has 2 heterocycles. The van der Waals surface area contributed by atoms with Crippen molar-refractivity contribution >= 4 is 17.7 Å². The first-order chi connectivity index (χ1) is 14.1. The van der Waals surface area contributed by atoms with Crippen LogP contribution in [0.1, 0.15) is 45.2 Å². The number of imide groups is 1. The SMILES string of the molecule is O=C1c2ccccc2C(=O)N1CC(=O)N1CCN(C2CC2)CC1c1ccccc1. The van der Waals surface area contributed by atoms with Crippen molar-refractivity contribution < 1.29 is 14.4 Å². The van der Waals surface area contributed by atoms with Crippen LogP contribution in [0.3, 0.4) is 0 Å². The van der Waals surface area contributed by atoms with Crippen LogP contribution in [0.4, 0.5) is 0 Å². The van der Waals surface area contributed by atoms with Crippen LogP contribution in [0.15, 0.2) is 54.6 Å². The van der Waals surface area contributed by atoms with Crippen LogP contribution in [0.25, 0.3) is 0 Å². The van der Waals surface area contributed by atoms with E-state index in [1.165, 1.54) is 12.8 Å². The second kappa shape index (κ2) is 7.12. The van der Waals surface area contributed by atoms with Gasteiger partial charge in [-0.25, -0.2) is 0 Å². The topological polar surface area (TPSA) is 60.9 Å². The summed E-state index contributed by atoms with van der Waals surface area (Å²) in [6, 6.07) is 17.3. The van der Waals surface area contributed by atoms with Gasteiger partial charge < -0.3 is 4.90 Å². The van der Waals surface area contributed by atoms with Crippen molar-refractivity contribution in [2.24, 2.45) is 0 Å². The highest BCUT2D eigenvalue weighted by Crippen LogP contribution is 2.34. The number of amides is 3. The van der Waals surface area contributed by atoms with Gasteiger partial charge in [0.25, 0.3) is 11.8 Å². The molecule has 3 aliphatic rings. The van der Waals surface area contributed by atoms with E-state index in [9.17, 15) is 14.4 Å². The molecule has 0 N–H and O–H groups in total. The minimum absolute atomic E-state index is 0.0618. The molecule has 3 amide bonds. The van der Waals surface area contributed by atoms with Crippen LogP contribution in [0, 0.1) is 0 Å². The number of carbonyl (C=O) groups is 3. The van der Waals surface area contributed by atoms with Crippen LogP contribution in [0.5, 0.6) is 0 Å². The Morgan fingerprint density at radius 1 is 0.862 bits per heavy atom. The predicted molar refractivity (Wildman–Crippen MR) is 107 cm³/mol. The van der Waals surface area contributed by atoms with Gasteiger partial charge in [0.2, 0.25) is 5.91 Å². The van der Waals surface area contributed by atoms with E-state index in [4.69, 9.17) is 0 Å². The van der Waals surface area contributed by atoms with Gasteiger partial charge in [-0.1, -0.05) is 42.5 Å². The summed E-state index contributed by atoms with van der Waals surface area (Å²) < 4.78 is 0. The highest BCUT2D eigenvalue weighted by Gasteiger charge is 2.41. The number of piperazine rings is 1. The summed E-state index contributed by atoms with van der Waals surface area (Å²) in [6.07, 6.45) is 2.45. The number of fused-ring (bicyclic) bond motifs is 1. The molecule has 2 aliphatic heterocycles. The lowest BCUT2D eigenvalue weighted by molar-refractivity contribution is -0.136. The van der Waals surface area contributed by atoms with Gasteiger partial charge >= 0.3 is 0 Å². The summed E-state index contributed by atoms with van der Waals surface area (Å²) in [5.74, 6) is -0.942. The second-order valence-corrected chi connectivity index (χ2v) is 7.98. The molecule has 0 spiro atoms. The van der Waals surface area contributed by atoms with Crippen LogP contribution in [-0.4, -0.2) is 64.6 Å². The summed E-state index contributed by atoms with van der Waals surface area (Å²) in [6.45, 7) is 2.03.